The number of hydrogen-bond donors (Lipinski definition) is 2. The summed E-state index contributed by atoms with van der Waals surface area (Å²) in [6, 6.07) is 2.34. The SMILES string of the molecule is CNC(=O)c1cc(C(=O)O)cc(Cl)n1. The van der Waals surface area contributed by atoms with E-state index in [2.05, 4.69) is 10.3 Å². The lowest BCUT2D eigenvalue weighted by Crippen LogP contribution is -2.19. The zero-order valence-corrected chi connectivity index (χ0v) is 8.00. The molecule has 0 aromatic carbocycles. The van der Waals surface area contributed by atoms with Gasteiger partial charge < -0.3 is 10.4 Å². The number of aromatic nitrogens is 1. The van der Waals surface area contributed by atoms with Crippen molar-refractivity contribution in [3.05, 3.63) is 28.5 Å². The molecule has 0 aliphatic rings. The molecule has 0 radical (unpaired) electrons. The van der Waals surface area contributed by atoms with Crippen LogP contribution in [-0.4, -0.2) is 29.0 Å². The van der Waals surface area contributed by atoms with Crippen LogP contribution in [0.5, 0.6) is 0 Å². The first-order chi connectivity index (χ1) is 6.54. The number of hydrogen-bond acceptors (Lipinski definition) is 3. The molecule has 2 N–H and O–H groups in total. The van der Waals surface area contributed by atoms with E-state index in [1.54, 1.807) is 0 Å². The van der Waals surface area contributed by atoms with Gasteiger partial charge in [-0.1, -0.05) is 11.6 Å². The standard InChI is InChI=1S/C8H7ClN2O3/c1-10-7(12)5-2-4(8(13)14)3-6(9)11-5/h2-3H,1H3,(H,10,12)(H,13,14). The topological polar surface area (TPSA) is 79.3 Å². The van der Waals surface area contributed by atoms with Crippen molar-refractivity contribution >= 4 is 23.5 Å². The van der Waals surface area contributed by atoms with Gasteiger partial charge in [0.25, 0.3) is 5.91 Å². The Morgan fingerprint density at radius 1 is 1.50 bits per heavy atom. The van der Waals surface area contributed by atoms with Gasteiger partial charge in [0.1, 0.15) is 10.8 Å². The van der Waals surface area contributed by atoms with Crippen LogP contribution in [0.25, 0.3) is 0 Å². The summed E-state index contributed by atoms with van der Waals surface area (Å²) in [5, 5.41) is 11.0. The number of aromatic carboxylic acids is 1. The molecule has 1 aromatic heterocycles. The molecule has 0 aliphatic heterocycles. The number of nitrogens with zero attached hydrogens (tertiary/aromatic N) is 1. The molecule has 0 saturated heterocycles. The smallest absolute Gasteiger partial charge is 0.335 e. The number of carboxylic acids is 1. The second-order valence-corrected chi connectivity index (χ2v) is 2.84. The van der Waals surface area contributed by atoms with E-state index in [1.165, 1.54) is 13.1 Å². The molecule has 0 unspecified atom stereocenters. The lowest BCUT2D eigenvalue weighted by atomic mass is 10.2. The Hall–Kier alpha value is -1.62. The third kappa shape index (κ3) is 2.20. The van der Waals surface area contributed by atoms with Gasteiger partial charge >= 0.3 is 5.97 Å². The van der Waals surface area contributed by atoms with Crippen LogP contribution in [0.15, 0.2) is 12.1 Å². The van der Waals surface area contributed by atoms with Gasteiger partial charge in [-0.15, -0.1) is 0 Å². The van der Waals surface area contributed by atoms with E-state index in [4.69, 9.17) is 16.7 Å². The second-order valence-electron chi connectivity index (χ2n) is 2.45. The normalized spacial score (nSPS) is 9.57. The maximum atomic E-state index is 11.1. The van der Waals surface area contributed by atoms with Crippen LogP contribution in [0.3, 0.4) is 0 Å². The molecule has 5 nitrogen and oxygen atoms in total. The maximum absolute atomic E-state index is 11.1. The highest BCUT2D eigenvalue weighted by Crippen LogP contribution is 2.10. The molecule has 14 heavy (non-hydrogen) atoms. The van der Waals surface area contributed by atoms with Crippen LogP contribution in [0.1, 0.15) is 20.8 Å². The van der Waals surface area contributed by atoms with Crippen molar-refractivity contribution in [2.24, 2.45) is 0 Å². The highest BCUT2D eigenvalue weighted by atomic mass is 35.5. The van der Waals surface area contributed by atoms with Crippen molar-refractivity contribution in [1.82, 2.24) is 10.3 Å². The fourth-order valence-electron chi connectivity index (χ4n) is 0.865. The van der Waals surface area contributed by atoms with Crippen LogP contribution in [-0.2, 0) is 0 Å². The summed E-state index contributed by atoms with van der Waals surface area (Å²) in [5.41, 5.74) is -0.0824. The Kier molecular flexibility index (Phi) is 3.03. The van der Waals surface area contributed by atoms with Crippen LogP contribution >= 0.6 is 11.6 Å². The van der Waals surface area contributed by atoms with Gasteiger partial charge in [0.2, 0.25) is 0 Å². The molecule has 1 aromatic rings. The number of carbonyl (C=O) groups excluding carboxylic acids is 1. The molecule has 1 amide bonds. The Morgan fingerprint density at radius 3 is 2.64 bits per heavy atom. The summed E-state index contributed by atoms with van der Waals surface area (Å²) in [6.07, 6.45) is 0. The van der Waals surface area contributed by atoms with Crippen molar-refractivity contribution in [3.63, 3.8) is 0 Å². The molecule has 0 saturated carbocycles. The average molecular weight is 215 g/mol. The predicted molar refractivity (Wildman–Crippen MR) is 49.6 cm³/mol. The number of pyridine rings is 1. The molecular weight excluding hydrogens is 208 g/mol. The van der Waals surface area contributed by atoms with E-state index in [0.717, 1.165) is 6.07 Å². The highest BCUT2D eigenvalue weighted by Gasteiger charge is 2.11. The Morgan fingerprint density at radius 2 is 2.14 bits per heavy atom. The van der Waals surface area contributed by atoms with Crippen molar-refractivity contribution in [3.8, 4) is 0 Å². The number of halogens is 1. The van der Waals surface area contributed by atoms with Crippen LogP contribution in [0, 0.1) is 0 Å². The number of nitrogens with one attached hydrogen (secondary N) is 1. The third-order valence-electron chi connectivity index (χ3n) is 1.50. The van der Waals surface area contributed by atoms with Gasteiger partial charge in [-0.2, -0.15) is 0 Å². The maximum Gasteiger partial charge on any atom is 0.335 e. The minimum Gasteiger partial charge on any atom is -0.478 e. The summed E-state index contributed by atoms with van der Waals surface area (Å²) in [5.74, 6) is -1.63. The monoisotopic (exact) mass is 214 g/mol. The predicted octanol–water partition coefficient (Wildman–Crippen LogP) is 0.793. The van der Waals surface area contributed by atoms with Gasteiger partial charge in [0, 0.05) is 7.05 Å². The fraction of sp³-hybridized carbons (Fsp3) is 0.125. The molecular formula is C8H7ClN2O3. The van der Waals surface area contributed by atoms with Crippen LogP contribution < -0.4 is 5.32 Å². The van der Waals surface area contributed by atoms with E-state index in [9.17, 15) is 9.59 Å². The zero-order chi connectivity index (χ0) is 10.7. The van der Waals surface area contributed by atoms with Crippen molar-refractivity contribution in [2.45, 2.75) is 0 Å². The first-order valence-electron chi connectivity index (χ1n) is 3.67. The lowest BCUT2D eigenvalue weighted by molar-refractivity contribution is 0.0696. The zero-order valence-electron chi connectivity index (χ0n) is 7.24. The number of carboxylic acid groups (broad SMARTS) is 1. The summed E-state index contributed by atoms with van der Waals surface area (Å²) in [6.45, 7) is 0. The third-order valence-corrected chi connectivity index (χ3v) is 1.69. The van der Waals surface area contributed by atoms with Crippen LogP contribution in [0.4, 0.5) is 0 Å². The Balaban J connectivity index is 3.20. The summed E-state index contributed by atoms with van der Waals surface area (Å²) in [7, 11) is 1.42. The number of rotatable bonds is 2. The first-order valence-corrected chi connectivity index (χ1v) is 4.05. The highest BCUT2D eigenvalue weighted by molar-refractivity contribution is 6.29. The largest absolute Gasteiger partial charge is 0.478 e. The van der Waals surface area contributed by atoms with E-state index in [0.29, 0.717) is 0 Å². The van der Waals surface area contributed by atoms with E-state index in [1.807, 2.05) is 0 Å². The van der Waals surface area contributed by atoms with E-state index < -0.39 is 11.9 Å². The second kappa shape index (κ2) is 4.06. The van der Waals surface area contributed by atoms with Gasteiger partial charge in [-0.25, -0.2) is 9.78 Å². The summed E-state index contributed by atoms with van der Waals surface area (Å²) >= 11 is 5.54. The number of amides is 1. The molecule has 0 aliphatic carbocycles. The molecule has 1 heterocycles. The quantitative estimate of drug-likeness (QED) is 0.714. The molecule has 0 atom stereocenters. The van der Waals surface area contributed by atoms with Crippen molar-refractivity contribution in [2.75, 3.05) is 7.05 Å². The molecule has 0 fully saturated rings. The van der Waals surface area contributed by atoms with Gasteiger partial charge in [0.05, 0.1) is 5.56 Å². The Bertz CT molecular complexity index is 392. The van der Waals surface area contributed by atoms with Crippen molar-refractivity contribution in [1.29, 1.82) is 0 Å². The average Bonchev–Trinajstić information content (AvgIpc) is 2.15. The fourth-order valence-corrected chi connectivity index (χ4v) is 1.07. The molecule has 0 bridgehead atoms. The minimum absolute atomic E-state index is 0.0163. The lowest BCUT2D eigenvalue weighted by Gasteiger charge is -2.01. The van der Waals surface area contributed by atoms with Crippen LogP contribution in [0.2, 0.25) is 5.15 Å². The minimum atomic E-state index is -1.15. The molecule has 6 heteroatoms. The first kappa shape index (κ1) is 10.5. The van der Waals surface area contributed by atoms with Gasteiger partial charge in [0.15, 0.2) is 0 Å². The van der Waals surface area contributed by atoms with Gasteiger partial charge in [-0.05, 0) is 12.1 Å². The summed E-state index contributed by atoms with van der Waals surface area (Å²) in [4.78, 5) is 25.4. The number of carbonyl (C=O) groups is 2. The van der Waals surface area contributed by atoms with E-state index in [-0.39, 0.29) is 16.4 Å². The molecule has 0 spiro atoms. The Labute approximate surface area is 84.7 Å². The summed E-state index contributed by atoms with van der Waals surface area (Å²) < 4.78 is 0. The molecule has 1 rings (SSSR count). The van der Waals surface area contributed by atoms with Gasteiger partial charge in [-0.3, -0.25) is 4.79 Å². The molecule has 74 valence electrons. The van der Waals surface area contributed by atoms with Crippen molar-refractivity contribution < 1.29 is 14.7 Å². The van der Waals surface area contributed by atoms with E-state index >= 15 is 0 Å².